The molecule has 0 bridgehead atoms. The molecule has 0 aliphatic rings. The molecule has 2 aromatic rings. The van der Waals surface area contributed by atoms with E-state index in [1.54, 1.807) is 0 Å². The van der Waals surface area contributed by atoms with Crippen LogP contribution in [0.2, 0.25) is 0 Å². The van der Waals surface area contributed by atoms with Gasteiger partial charge in [-0.05, 0) is 37.3 Å². The fraction of sp³-hybridized carbons (Fsp3) is 0.100. The molecule has 0 saturated heterocycles. The largest absolute Gasteiger partial charge is 0.194 e. The van der Waals surface area contributed by atoms with E-state index in [9.17, 15) is 0 Å². The van der Waals surface area contributed by atoms with Gasteiger partial charge < -0.3 is 0 Å². The number of benzene rings is 1. The van der Waals surface area contributed by atoms with Crippen molar-refractivity contribution >= 4 is 34.0 Å². The Balaban J connectivity index is 2.83. The Morgan fingerprint density at radius 1 is 1.36 bits per heavy atom. The van der Waals surface area contributed by atoms with E-state index >= 15 is 0 Å². The average Bonchev–Trinajstić information content (AvgIpc) is 2.19. The zero-order valence-corrected chi connectivity index (χ0v) is 8.38. The number of hydrogen-bond donors (Lipinski definition) is 0. The monoisotopic (exact) mass is 201 g/mol. The first-order chi connectivity index (χ1) is 6.81. The third kappa shape index (κ3) is 1.53. The summed E-state index contributed by atoms with van der Waals surface area (Å²) in [4.78, 5) is 3.97. The van der Waals surface area contributed by atoms with Gasteiger partial charge in [-0.2, -0.15) is 15.2 Å². The molecule has 0 saturated carbocycles. The number of fused-ring (bicyclic) bond motifs is 1. The zero-order chi connectivity index (χ0) is 9.97. The standard InChI is InChI=1S/C10H7N3S/c1-7-5-8-9(11-6-14)3-2-4-10(8)13-12-7/h2-5H,1H3. The van der Waals surface area contributed by atoms with Crippen LogP contribution in [0.3, 0.4) is 0 Å². The van der Waals surface area contributed by atoms with Crippen molar-refractivity contribution in [2.45, 2.75) is 6.92 Å². The van der Waals surface area contributed by atoms with E-state index in [4.69, 9.17) is 0 Å². The summed E-state index contributed by atoms with van der Waals surface area (Å²) in [7, 11) is 0. The number of isothiocyanates is 1. The molecule has 0 unspecified atom stereocenters. The van der Waals surface area contributed by atoms with E-state index < -0.39 is 0 Å². The topological polar surface area (TPSA) is 38.1 Å². The Bertz CT molecular complexity index is 530. The Morgan fingerprint density at radius 3 is 3.00 bits per heavy atom. The molecule has 0 N–H and O–H groups in total. The van der Waals surface area contributed by atoms with Gasteiger partial charge in [-0.25, -0.2) is 0 Å². The third-order valence-electron chi connectivity index (χ3n) is 1.89. The lowest BCUT2D eigenvalue weighted by Gasteiger charge is -1.99. The van der Waals surface area contributed by atoms with Crippen molar-refractivity contribution in [3.63, 3.8) is 0 Å². The lowest BCUT2D eigenvalue weighted by Crippen LogP contribution is -1.87. The molecule has 2 rings (SSSR count). The van der Waals surface area contributed by atoms with Gasteiger partial charge in [-0.15, -0.1) is 0 Å². The Labute approximate surface area is 86.5 Å². The molecule has 14 heavy (non-hydrogen) atoms. The molecule has 1 aromatic carbocycles. The number of nitrogens with zero attached hydrogens (tertiary/aromatic N) is 3. The Kier molecular flexibility index (Phi) is 2.31. The molecule has 4 heteroatoms. The van der Waals surface area contributed by atoms with Gasteiger partial charge in [-0.1, -0.05) is 6.07 Å². The Morgan fingerprint density at radius 2 is 2.21 bits per heavy atom. The van der Waals surface area contributed by atoms with Gasteiger partial charge in [0.15, 0.2) is 0 Å². The molecule has 0 spiro atoms. The van der Waals surface area contributed by atoms with Crippen molar-refractivity contribution in [1.82, 2.24) is 10.2 Å². The summed E-state index contributed by atoms with van der Waals surface area (Å²) >= 11 is 4.58. The molecule has 0 radical (unpaired) electrons. The predicted octanol–water partition coefficient (Wildman–Crippen LogP) is 2.67. The van der Waals surface area contributed by atoms with E-state index in [1.807, 2.05) is 31.2 Å². The maximum atomic E-state index is 4.58. The number of aryl methyl sites for hydroxylation is 1. The molecule has 1 aromatic heterocycles. The van der Waals surface area contributed by atoms with E-state index in [0.29, 0.717) is 0 Å². The molecule has 0 atom stereocenters. The van der Waals surface area contributed by atoms with Crippen LogP contribution in [0, 0.1) is 6.92 Å². The molecule has 0 aliphatic heterocycles. The molecular formula is C10H7N3S. The summed E-state index contributed by atoms with van der Waals surface area (Å²) in [6, 6.07) is 7.58. The number of hydrogen-bond acceptors (Lipinski definition) is 4. The van der Waals surface area contributed by atoms with Gasteiger partial charge in [0.25, 0.3) is 0 Å². The van der Waals surface area contributed by atoms with Gasteiger partial charge in [-0.3, -0.25) is 0 Å². The summed E-state index contributed by atoms with van der Waals surface area (Å²) in [6.45, 7) is 1.89. The van der Waals surface area contributed by atoms with Crippen molar-refractivity contribution in [2.75, 3.05) is 0 Å². The highest BCUT2D eigenvalue weighted by Crippen LogP contribution is 2.23. The summed E-state index contributed by atoms with van der Waals surface area (Å²) < 4.78 is 0. The van der Waals surface area contributed by atoms with Crippen molar-refractivity contribution < 1.29 is 0 Å². The van der Waals surface area contributed by atoms with Crippen LogP contribution in [0.5, 0.6) is 0 Å². The first-order valence-electron chi connectivity index (χ1n) is 4.12. The van der Waals surface area contributed by atoms with Crippen molar-refractivity contribution in [3.8, 4) is 0 Å². The molecule has 0 fully saturated rings. The van der Waals surface area contributed by atoms with E-state index in [1.165, 1.54) is 0 Å². The third-order valence-corrected chi connectivity index (χ3v) is 1.99. The van der Waals surface area contributed by atoms with Crippen molar-refractivity contribution in [2.24, 2.45) is 4.99 Å². The highest BCUT2D eigenvalue weighted by molar-refractivity contribution is 7.78. The van der Waals surface area contributed by atoms with Gasteiger partial charge in [0.1, 0.15) is 0 Å². The lowest BCUT2D eigenvalue weighted by molar-refractivity contribution is 1.02. The smallest absolute Gasteiger partial charge is 0.0951 e. The van der Waals surface area contributed by atoms with Crippen LogP contribution in [0.4, 0.5) is 5.69 Å². The number of thiocarbonyl (C=S) groups is 1. The average molecular weight is 201 g/mol. The summed E-state index contributed by atoms with van der Waals surface area (Å²) in [5, 5.41) is 11.3. The zero-order valence-electron chi connectivity index (χ0n) is 7.56. The second-order valence-corrected chi connectivity index (χ2v) is 3.08. The summed E-state index contributed by atoms with van der Waals surface area (Å²) in [5.41, 5.74) is 2.47. The van der Waals surface area contributed by atoms with E-state index in [-0.39, 0.29) is 0 Å². The normalized spacial score (nSPS) is 9.79. The van der Waals surface area contributed by atoms with Gasteiger partial charge in [0.05, 0.1) is 22.1 Å². The minimum Gasteiger partial charge on any atom is -0.194 e. The summed E-state index contributed by atoms with van der Waals surface area (Å²) in [5.74, 6) is 0. The number of aliphatic imine (C=N–C) groups is 1. The maximum Gasteiger partial charge on any atom is 0.0951 e. The molecule has 3 nitrogen and oxygen atoms in total. The van der Waals surface area contributed by atoms with Gasteiger partial charge >= 0.3 is 0 Å². The minimum absolute atomic E-state index is 0.788. The quantitative estimate of drug-likeness (QED) is 0.526. The first kappa shape index (κ1) is 8.94. The van der Waals surface area contributed by atoms with Crippen LogP contribution < -0.4 is 0 Å². The van der Waals surface area contributed by atoms with Crippen molar-refractivity contribution in [1.29, 1.82) is 0 Å². The minimum atomic E-state index is 0.788. The van der Waals surface area contributed by atoms with Crippen LogP contribution in [-0.2, 0) is 0 Å². The summed E-state index contributed by atoms with van der Waals surface area (Å²) in [6.07, 6.45) is 0. The fourth-order valence-corrected chi connectivity index (χ4v) is 1.39. The van der Waals surface area contributed by atoms with Gasteiger partial charge in [0.2, 0.25) is 0 Å². The fourth-order valence-electron chi connectivity index (χ4n) is 1.29. The lowest BCUT2D eigenvalue weighted by atomic mass is 10.2. The molecule has 68 valence electrons. The van der Waals surface area contributed by atoms with Crippen LogP contribution in [-0.4, -0.2) is 15.4 Å². The van der Waals surface area contributed by atoms with Gasteiger partial charge in [0, 0.05) is 5.39 Å². The maximum absolute atomic E-state index is 4.58. The van der Waals surface area contributed by atoms with Crippen LogP contribution in [0.15, 0.2) is 29.3 Å². The molecule has 0 amide bonds. The molecule has 1 heterocycles. The Hall–Kier alpha value is -1.64. The second kappa shape index (κ2) is 3.62. The van der Waals surface area contributed by atoms with Crippen LogP contribution in [0.25, 0.3) is 10.9 Å². The van der Waals surface area contributed by atoms with E-state index in [0.717, 1.165) is 22.3 Å². The van der Waals surface area contributed by atoms with E-state index in [2.05, 4.69) is 32.6 Å². The predicted molar refractivity (Wildman–Crippen MR) is 59.0 cm³/mol. The highest BCUT2D eigenvalue weighted by atomic mass is 32.1. The van der Waals surface area contributed by atoms with Crippen LogP contribution >= 0.6 is 12.2 Å². The molecular weight excluding hydrogens is 194 g/mol. The number of rotatable bonds is 1. The number of aromatic nitrogens is 2. The second-order valence-electron chi connectivity index (χ2n) is 2.90. The van der Waals surface area contributed by atoms with Crippen molar-refractivity contribution in [3.05, 3.63) is 30.0 Å². The highest BCUT2D eigenvalue weighted by Gasteiger charge is 2.00. The SMILES string of the molecule is Cc1cc2c(N=C=S)cccc2nn1. The molecule has 0 aliphatic carbocycles. The van der Waals surface area contributed by atoms with Crippen LogP contribution in [0.1, 0.15) is 5.69 Å². The first-order valence-corrected chi connectivity index (χ1v) is 4.53.